The van der Waals surface area contributed by atoms with E-state index in [-0.39, 0.29) is 32.8 Å². The fraction of sp³-hybridized carbons (Fsp3) is 0.391. The Balaban J connectivity index is 1.71. The van der Waals surface area contributed by atoms with Gasteiger partial charge in [-0.05, 0) is 40.0 Å². The number of aromatic nitrogens is 4. The van der Waals surface area contributed by atoms with Crippen LogP contribution in [0.1, 0.15) is 53.5 Å². The molecule has 4 rings (SSSR count). The molecule has 1 atom stereocenters. The molecule has 0 fully saturated rings. The van der Waals surface area contributed by atoms with Gasteiger partial charge in [-0.3, -0.25) is 9.48 Å². The smallest absolute Gasteiger partial charge is 0.290 e. The monoisotopic (exact) mass is 626 g/mol. The summed E-state index contributed by atoms with van der Waals surface area (Å²) in [4.78, 5) is 21.2. The third-order valence-corrected chi connectivity index (χ3v) is 6.58. The quantitative estimate of drug-likeness (QED) is 0.310. The molecule has 0 bridgehead atoms. The van der Waals surface area contributed by atoms with Crippen molar-refractivity contribution in [3.63, 3.8) is 0 Å². The van der Waals surface area contributed by atoms with E-state index in [4.69, 9.17) is 0 Å². The minimum absolute atomic E-state index is 0.0805. The third-order valence-electron chi connectivity index (χ3n) is 5.97. The van der Waals surface area contributed by atoms with Crippen LogP contribution in [0.3, 0.4) is 0 Å². The van der Waals surface area contributed by atoms with E-state index in [0.717, 1.165) is 12.1 Å². The van der Waals surface area contributed by atoms with Crippen LogP contribution >= 0.6 is 15.9 Å². The SMILES string of the molecule is CNc1ncc(Br)c([C@H](Cc2cc(F)cc(F)c2)NC(=O)Cn2nc(C(F)F)c3c2C(F)(F)CCC3(F)F)n1. The molecule has 2 N–H and O–H groups in total. The highest BCUT2D eigenvalue weighted by Crippen LogP contribution is 2.52. The topological polar surface area (TPSA) is 84.7 Å². The third kappa shape index (κ3) is 5.99. The summed E-state index contributed by atoms with van der Waals surface area (Å²) >= 11 is 3.22. The number of hydrogen-bond donors (Lipinski definition) is 2. The summed E-state index contributed by atoms with van der Waals surface area (Å²) in [7, 11) is 1.50. The molecule has 0 radical (unpaired) electrons. The van der Waals surface area contributed by atoms with E-state index in [1.54, 1.807) is 0 Å². The molecule has 0 saturated heterocycles. The first kappa shape index (κ1) is 28.7. The predicted molar refractivity (Wildman–Crippen MR) is 124 cm³/mol. The lowest BCUT2D eigenvalue weighted by molar-refractivity contribution is -0.123. The highest BCUT2D eigenvalue weighted by Gasteiger charge is 2.55. The van der Waals surface area contributed by atoms with Crippen molar-refractivity contribution in [2.24, 2.45) is 0 Å². The van der Waals surface area contributed by atoms with Crippen LogP contribution in [0, 0.1) is 11.6 Å². The number of nitrogens with one attached hydrogen (secondary N) is 2. The Bertz CT molecular complexity index is 1380. The van der Waals surface area contributed by atoms with Crippen molar-refractivity contribution >= 4 is 27.8 Å². The van der Waals surface area contributed by atoms with Gasteiger partial charge in [0.2, 0.25) is 11.9 Å². The summed E-state index contributed by atoms with van der Waals surface area (Å²) in [5.74, 6) is -10.8. The van der Waals surface area contributed by atoms with Gasteiger partial charge < -0.3 is 10.6 Å². The number of carbonyl (C=O) groups is 1. The molecule has 0 spiro atoms. The molecule has 3 aromatic rings. The van der Waals surface area contributed by atoms with Gasteiger partial charge >= 0.3 is 0 Å². The standard InChI is InChI=1S/C23H19BrF8N6O/c1-33-21-34-8-13(24)17(36-21)14(6-10-4-11(25)7-12(26)5-10)35-15(39)9-38-19-16(18(37-38)20(27)28)22(29,30)2-3-23(19,31)32/h4-5,7-8,14,20H,2-3,6,9H2,1H3,(H,35,39)(H,33,34,36)/t14-/m0/s1. The average molecular weight is 627 g/mol. The van der Waals surface area contributed by atoms with E-state index in [0.29, 0.717) is 6.07 Å². The van der Waals surface area contributed by atoms with Crippen LogP contribution in [0.4, 0.5) is 41.1 Å². The number of rotatable bonds is 8. The first-order valence-corrected chi connectivity index (χ1v) is 12.1. The summed E-state index contributed by atoms with van der Waals surface area (Å²) in [6.45, 7) is -1.13. The molecule has 0 aliphatic heterocycles. The minimum Gasteiger partial charge on any atom is -0.357 e. The molecule has 1 amide bonds. The molecule has 1 aromatic carbocycles. The van der Waals surface area contributed by atoms with Gasteiger partial charge in [0.15, 0.2) is 0 Å². The van der Waals surface area contributed by atoms with E-state index < -0.39 is 78.2 Å². The van der Waals surface area contributed by atoms with Crippen molar-refractivity contribution in [3.05, 3.63) is 68.7 Å². The first-order chi connectivity index (χ1) is 18.2. The second-order valence-corrected chi connectivity index (χ2v) is 9.61. The Morgan fingerprint density at radius 1 is 1.08 bits per heavy atom. The van der Waals surface area contributed by atoms with Crippen LogP contribution < -0.4 is 10.6 Å². The summed E-state index contributed by atoms with van der Waals surface area (Å²) in [6.07, 6.45) is -5.24. The molecular formula is C23H19BrF8N6O. The Labute approximate surface area is 224 Å². The van der Waals surface area contributed by atoms with Crippen molar-refractivity contribution in [1.29, 1.82) is 0 Å². The molecule has 16 heteroatoms. The molecular weight excluding hydrogens is 608 g/mol. The maximum absolute atomic E-state index is 14.7. The van der Waals surface area contributed by atoms with Crippen molar-refractivity contribution in [3.8, 4) is 0 Å². The first-order valence-electron chi connectivity index (χ1n) is 11.3. The molecule has 7 nitrogen and oxygen atoms in total. The summed E-state index contributed by atoms with van der Waals surface area (Å²) in [6, 6.07) is 1.47. The van der Waals surface area contributed by atoms with Crippen molar-refractivity contribution in [1.82, 2.24) is 25.1 Å². The lowest BCUT2D eigenvalue weighted by atomic mass is 9.89. The molecule has 0 saturated carbocycles. The molecule has 210 valence electrons. The van der Waals surface area contributed by atoms with Crippen LogP contribution in [0.2, 0.25) is 0 Å². The number of anilines is 1. The van der Waals surface area contributed by atoms with Crippen LogP contribution in [-0.2, 0) is 29.6 Å². The zero-order chi connectivity index (χ0) is 28.7. The predicted octanol–water partition coefficient (Wildman–Crippen LogP) is 5.77. The molecule has 39 heavy (non-hydrogen) atoms. The average Bonchev–Trinajstić information content (AvgIpc) is 3.23. The summed E-state index contributed by atoms with van der Waals surface area (Å²) in [5, 5.41) is 8.37. The Kier molecular flexibility index (Phi) is 7.87. The molecule has 0 unspecified atom stereocenters. The van der Waals surface area contributed by atoms with E-state index >= 15 is 0 Å². The maximum Gasteiger partial charge on any atom is 0.290 e. The van der Waals surface area contributed by atoms with Gasteiger partial charge in [-0.2, -0.15) is 13.9 Å². The van der Waals surface area contributed by atoms with Gasteiger partial charge in [0.05, 0.1) is 21.8 Å². The number of hydrogen-bond acceptors (Lipinski definition) is 5. The van der Waals surface area contributed by atoms with Crippen molar-refractivity contribution in [2.45, 2.75) is 50.1 Å². The van der Waals surface area contributed by atoms with E-state index in [1.165, 1.54) is 13.2 Å². The molecule has 1 aliphatic carbocycles. The van der Waals surface area contributed by atoms with Gasteiger partial charge in [0.1, 0.15) is 29.6 Å². The molecule has 1 aliphatic rings. The van der Waals surface area contributed by atoms with E-state index in [2.05, 4.69) is 41.6 Å². The van der Waals surface area contributed by atoms with Crippen LogP contribution in [0.5, 0.6) is 0 Å². The fourth-order valence-electron chi connectivity index (χ4n) is 4.34. The van der Waals surface area contributed by atoms with Crippen molar-refractivity contribution in [2.75, 3.05) is 12.4 Å². The summed E-state index contributed by atoms with van der Waals surface area (Å²) in [5.41, 5.74) is -4.40. The summed E-state index contributed by atoms with van der Waals surface area (Å²) < 4.78 is 113. The van der Waals surface area contributed by atoms with Gasteiger partial charge in [-0.1, -0.05) is 0 Å². The number of amides is 1. The molecule has 2 heterocycles. The number of nitrogens with zero attached hydrogens (tertiary/aromatic N) is 4. The zero-order valence-corrected chi connectivity index (χ0v) is 21.5. The molecule has 2 aromatic heterocycles. The van der Waals surface area contributed by atoms with Gasteiger partial charge in [-0.15, -0.1) is 0 Å². The largest absolute Gasteiger partial charge is 0.357 e. The number of carbonyl (C=O) groups excluding carboxylic acids is 1. The van der Waals surface area contributed by atoms with Crippen LogP contribution in [0.25, 0.3) is 0 Å². The maximum atomic E-state index is 14.7. The highest BCUT2D eigenvalue weighted by atomic mass is 79.9. The minimum atomic E-state index is -4.00. The Morgan fingerprint density at radius 3 is 2.33 bits per heavy atom. The second kappa shape index (κ2) is 10.7. The number of benzene rings is 1. The lowest BCUT2D eigenvalue weighted by Gasteiger charge is -2.29. The van der Waals surface area contributed by atoms with Gasteiger partial charge in [-0.25, -0.2) is 36.3 Å². The van der Waals surface area contributed by atoms with E-state index in [9.17, 15) is 39.9 Å². The van der Waals surface area contributed by atoms with Gasteiger partial charge in [0, 0.05) is 32.2 Å². The van der Waals surface area contributed by atoms with Gasteiger partial charge in [0.25, 0.3) is 18.3 Å². The van der Waals surface area contributed by atoms with E-state index in [1.807, 2.05) is 0 Å². The second-order valence-electron chi connectivity index (χ2n) is 8.75. The highest BCUT2D eigenvalue weighted by molar-refractivity contribution is 9.10. The normalized spacial score (nSPS) is 16.6. The van der Waals surface area contributed by atoms with Crippen LogP contribution in [-0.4, -0.2) is 32.7 Å². The van der Waals surface area contributed by atoms with Crippen LogP contribution in [0.15, 0.2) is 28.9 Å². The number of alkyl halides is 6. The number of halogens is 9. The number of fused-ring (bicyclic) bond motifs is 1. The zero-order valence-electron chi connectivity index (χ0n) is 19.9. The lowest BCUT2D eigenvalue weighted by Crippen LogP contribution is -2.37. The van der Waals surface area contributed by atoms with Crippen molar-refractivity contribution < 1.29 is 39.9 Å². The Hall–Kier alpha value is -3.30. The fourth-order valence-corrected chi connectivity index (χ4v) is 4.81. The Morgan fingerprint density at radius 2 is 1.72 bits per heavy atom.